The maximum atomic E-state index is 12.8. The Morgan fingerprint density at radius 2 is 1.80 bits per heavy atom. The van der Waals surface area contributed by atoms with Crippen LogP contribution in [0.2, 0.25) is 5.02 Å². The van der Waals surface area contributed by atoms with Gasteiger partial charge in [0.1, 0.15) is 6.54 Å². The van der Waals surface area contributed by atoms with E-state index in [9.17, 15) is 14.4 Å². The van der Waals surface area contributed by atoms with E-state index < -0.39 is 0 Å². The second-order valence-corrected chi connectivity index (χ2v) is 7.77. The van der Waals surface area contributed by atoms with E-state index in [0.29, 0.717) is 11.6 Å². The Balaban J connectivity index is 1.37. The molecule has 4 aliphatic rings. The molecule has 0 spiro atoms. The number of nitrogens with zero attached hydrogens (tertiary/aromatic N) is 2. The fraction of sp³-hybridized carbons (Fsp3) is 0.421. The molecule has 2 bridgehead atoms. The van der Waals surface area contributed by atoms with E-state index in [1.54, 1.807) is 11.0 Å². The van der Waals surface area contributed by atoms with Crippen LogP contribution in [0.4, 0.5) is 5.69 Å². The highest BCUT2D eigenvalue weighted by molar-refractivity contribution is 6.31. The van der Waals surface area contributed by atoms with E-state index in [0.717, 1.165) is 24.1 Å². The molecule has 5 nitrogen and oxygen atoms in total. The van der Waals surface area contributed by atoms with E-state index >= 15 is 0 Å². The number of rotatable bonds is 2. The van der Waals surface area contributed by atoms with Crippen molar-refractivity contribution in [3.63, 3.8) is 0 Å². The Morgan fingerprint density at radius 3 is 2.48 bits per heavy atom. The lowest BCUT2D eigenvalue weighted by atomic mass is 9.85. The lowest BCUT2D eigenvalue weighted by Crippen LogP contribution is -2.43. The number of hydrogen-bond acceptors (Lipinski definition) is 3. The van der Waals surface area contributed by atoms with Crippen LogP contribution in [0.1, 0.15) is 12.0 Å². The molecular formula is C19H17ClN2O3. The number of hydrogen-bond donors (Lipinski definition) is 0. The summed E-state index contributed by atoms with van der Waals surface area (Å²) in [6, 6.07) is 5.50. The Morgan fingerprint density at radius 1 is 1.12 bits per heavy atom. The maximum Gasteiger partial charge on any atom is 0.247 e. The fourth-order valence-electron chi connectivity index (χ4n) is 4.95. The predicted molar refractivity (Wildman–Crippen MR) is 91.9 cm³/mol. The molecule has 1 aromatic carbocycles. The van der Waals surface area contributed by atoms with Gasteiger partial charge in [0.15, 0.2) is 0 Å². The minimum atomic E-state index is -0.254. The molecule has 128 valence electrons. The van der Waals surface area contributed by atoms with E-state index in [1.807, 2.05) is 12.1 Å². The van der Waals surface area contributed by atoms with Crippen LogP contribution in [0, 0.1) is 23.7 Å². The van der Waals surface area contributed by atoms with Gasteiger partial charge in [0.05, 0.1) is 11.8 Å². The van der Waals surface area contributed by atoms with Crippen molar-refractivity contribution < 1.29 is 14.4 Å². The van der Waals surface area contributed by atoms with Gasteiger partial charge in [-0.2, -0.15) is 0 Å². The molecule has 4 atom stereocenters. The van der Waals surface area contributed by atoms with Gasteiger partial charge in [-0.1, -0.05) is 29.8 Å². The van der Waals surface area contributed by atoms with Crippen LogP contribution in [0.25, 0.3) is 0 Å². The molecule has 0 unspecified atom stereocenters. The molecule has 1 saturated carbocycles. The van der Waals surface area contributed by atoms with E-state index in [-0.39, 0.29) is 47.9 Å². The van der Waals surface area contributed by atoms with Gasteiger partial charge in [0, 0.05) is 17.3 Å². The van der Waals surface area contributed by atoms with Crippen molar-refractivity contribution in [3.05, 3.63) is 40.9 Å². The van der Waals surface area contributed by atoms with E-state index in [2.05, 4.69) is 12.2 Å². The third kappa shape index (κ3) is 2.05. The number of fused-ring (bicyclic) bond motifs is 6. The average Bonchev–Trinajstić information content (AvgIpc) is 3.34. The smallest absolute Gasteiger partial charge is 0.247 e. The second kappa shape index (κ2) is 5.18. The summed E-state index contributed by atoms with van der Waals surface area (Å²) in [5, 5.41) is 0.573. The van der Waals surface area contributed by atoms with Gasteiger partial charge in [-0.15, -0.1) is 0 Å². The molecule has 0 N–H and O–H groups in total. The summed E-state index contributed by atoms with van der Waals surface area (Å²) in [6.45, 7) is 0.389. The number of benzene rings is 1. The first-order valence-corrected chi connectivity index (χ1v) is 9.05. The van der Waals surface area contributed by atoms with Crippen LogP contribution in [-0.2, 0) is 20.8 Å². The van der Waals surface area contributed by atoms with Crippen molar-refractivity contribution in [2.75, 3.05) is 18.0 Å². The van der Waals surface area contributed by atoms with Gasteiger partial charge in [0.2, 0.25) is 17.7 Å². The van der Waals surface area contributed by atoms with Crippen LogP contribution in [0.15, 0.2) is 30.4 Å². The minimum Gasteiger partial charge on any atom is -0.310 e. The standard InChI is InChI=1S/C19H17ClN2O3/c20-13-4-3-10-5-6-21(14(10)8-13)15(23)9-22-18(24)16-11-1-2-12(7-11)17(16)19(22)25/h1-4,8,11-12,16-17H,5-7,9H2/t11-,12-,16-,17-/m0/s1. The number of halogens is 1. The molecule has 3 amide bonds. The first kappa shape index (κ1) is 15.1. The number of amides is 3. The quantitative estimate of drug-likeness (QED) is 0.602. The highest BCUT2D eigenvalue weighted by atomic mass is 35.5. The number of carbonyl (C=O) groups is 3. The van der Waals surface area contributed by atoms with Crippen LogP contribution in [0.3, 0.4) is 0 Å². The number of allylic oxidation sites excluding steroid dienone is 2. The van der Waals surface area contributed by atoms with Crippen molar-refractivity contribution in [1.82, 2.24) is 4.90 Å². The summed E-state index contributed by atoms with van der Waals surface area (Å²) in [5.41, 5.74) is 1.86. The SMILES string of the molecule is O=C1[C@@H]2[C@@H](C(=O)N1CC(=O)N1CCc3ccc(Cl)cc31)[C@H]1C=C[C@H]2C1. The summed E-state index contributed by atoms with van der Waals surface area (Å²) in [6.07, 6.45) is 5.77. The lowest BCUT2D eigenvalue weighted by Gasteiger charge is -2.22. The van der Waals surface area contributed by atoms with Crippen molar-refractivity contribution in [2.45, 2.75) is 12.8 Å². The normalized spacial score (nSPS) is 31.9. The van der Waals surface area contributed by atoms with Gasteiger partial charge in [0.25, 0.3) is 0 Å². The Labute approximate surface area is 150 Å². The Kier molecular flexibility index (Phi) is 3.14. The zero-order valence-corrected chi connectivity index (χ0v) is 14.3. The fourth-order valence-corrected chi connectivity index (χ4v) is 5.12. The molecule has 5 rings (SSSR count). The van der Waals surface area contributed by atoms with Crippen LogP contribution in [0.5, 0.6) is 0 Å². The molecule has 2 fully saturated rings. The lowest BCUT2D eigenvalue weighted by molar-refractivity contribution is -0.143. The van der Waals surface area contributed by atoms with Crippen LogP contribution < -0.4 is 4.90 Å². The first-order valence-electron chi connectivity index (χ1n) is 8.67. The highest BCUT2D eigenvalue weighted by Crippen LogP contribution is 2.52. The molecule has 1 aromatic rings. The zero-order valence-electron chi connectivity index (χ0n) is 13.5. The Bertz CT molecular complexity index is 819. The highest BCUT2D eigenvalue weighted by Gasteiger charge is 2.59. The van der Waals surface area contributed by atoms with Crippen molar-refractivity contribution in [1.29, 1.82) is 0 Å². The molecule has 6 heteroatoms. The molecule has 2 aliphatic heterocycles. The minimum absolute atomic E-state index is 0.165. The summed E-state index contributed by atoms with van der Waals surface area (Å²) in [5.74, 6) is -0.749. The van der Waals surface area contributed by atoms with E-state index in [4.69, 9.17) is 11.6 Å². The molecule has 0 aromatic heterocycles. The maximum absolute atomic E-state index is 12.8. The van der Waals surface area contributed by atoms with Crippen LogP contribution >= 0.6 is 11.6 Å². The number of likely N-dealkylation sites (tertiary alicyclic amines) is 1. The van der Waals surface area contributed by atoms with Crippen molar-refractivity contribution in [3.8, 4) is 0 Å². The number of imide groups is 1. The monoisotopic (exact) mass is 356 g/mol. The first-order chi connectivity index (χ1) is 12.0. The summed E-state index contributed by atoms with van der Waals surface area (Å²) in [4.78, 5) is 41.0. The van der Waals surface area contributed by atoms with Crippen molar-refractivity contribution in [2.24, 2.45) is 23.7 Å². The molecule has 0 radical (unpaired) electrons. The van der Waals surface area contributed by atoms with Gasteiger partial charge in [-0.25, -0.2) is 0 Å². The van der Waals surface area contributed by atoms with Gasteiger partial charge >= 0.3 is 0 Å². The zero-order chi connectivity index (χ0) is 17.3. The Hall–Kier alpha value is -2.14. The molecule has 25 heavy (non-hydrogen) atoms. The van der Waals surface area contributed by atoms with Gasteiger partial charge < -0.3 is 4.90 Å². The molecule has 1 saturated heterocycles. The van der Waals surface area contributed by atoms with Gasteiger partial charge in [-0.3, -0.25) is 19.3 Å². The average molecular weight is 357 g/mol. The third-order valence-electron chi connectivity index (χ3n) is 6.10. The molecule has 2 heterocycles. The van der Waals surface area contributed by atoms with Crippen molar-refractivity contribution >= 4 is 35.0 Å². The summed E-state index contributed by atoms with van der Waals surface area (Å²) in [7, 11) is 0. The van der Waals surface area contributed by atoms with Gasteiger partial charge in [-0.05, 0) is 42.4 Å². The largest absolute Gasteiger partial charge is 0.310 e. The second-order valence-electron chi connectivity index (χ2n) is 7.33. The van der Waals surface area contributed by atoms with Crippen LogP contribution in [-0.4, -0.2) is 35.7 Å². The predicted octanol–water partition coefficient (Wildman–Crippen LogP) is 2.04. The summed E-state index contributed by atoms with van der Waals surface area (Å²) >= 11 is 6.05. The topological polar surface area (TPSA) is 57.7 Å². The third-order valence-corrected chi connectivity index (χ3v) is 6.33. The molecule has 2 aliphatic carbocycles. The molecular weight excluding hydrogens is 340 g/mol. The summed E-state index contributed by atoms with van der Waals surface area (Å²) < 4.78 is 0. The number of carbonyl (C=O) groups excluding carboxylic acids is 3. The van der Waals surface area contributed by atoms with E-state index in [1.165, 1.54) is 4.90 Å². The number of anilines is 1.